The molecule has 0 aromatic heterocycles. The summed E-state index contributed by atoms with van der Waals surface area (Å²) in [5.74, 6) is -0.444. The van der Waals surface area contributed by atoms with Crippen molar-refractivity contribution >= 4 is 27.3 Å². The predicted molar refractivity (Wildman–Crippen MR) is 65.7 cm³/mol. The van der Waals surface area contributed by atoms with E-state index in [1.54, 1.807) is 0 Å². The maximum absolute atomic E-state index is 14.0. The Bertz CT molecular complexity index is 473. The summed E-state index contributed by atoms with van der Waals surface area (Å²) in [6, 6.07) is 1.39. The quantitative estimate of drug-likeness (QED) is 0.675. The predicted octanol–water partition coefficient (Wildman–Crippen LogP) is 3.06. The Balaban J connectivity index is 2.59. The zero-order chi connectivity index (χ0) is 12.6. The summed E-state index contributed by atoms with van der Waals surface area (Å²) in [4.78, 5) is 11.3. The molecule has 2 N–H and O–H groups in total. The summed E-state index contributed by atoms with van der Waals surface area (Å²) >= 11 is 3.09. The average Bonchev–Trinajstić information content (AvgIpc) is 2.76. The lowest BCUT2D eigenvalue weighted by atomic mass is 10.0. The molecular formula is C11H13BrFN2O2+. The molecule has 1 aromatic carbocycles. The minimum Gasteiger partial charge on any atom is -0.393 e. The third kappa shape index (κ3) is 2.19. The van der Waals surface area contributed by atoms with Crippen molar-refractivity contribution in [3.05, 3.63) is 26.8 Å². The topological polar surface area (TPSA) is 55.3 Å². The van der Waals surface area contributed by atoms with Crippen LogP contribution in [0.2, 0.25) is 0 Å². The van der Waals surface area contributed by atoms with Crippen LogP contribution in [0, 0.1) is 10.7 Å². The van der Waals surface area contributed by atoms with Crippen LogP contribution in [0.25, 0.3) is 0 Å². The molecule has 0 radical (unpaired) electrons. The highest BCUT2D eigenvalue weighted by molar-refractivity contribution is 9.10. The van der Waals surface area contributed by atoms with Crippen molar-refractivity contribution in [1.82, 2.24) is 0 Å². The number of nitrogens with two attached hydrogens (primary N) is 1. The Morgan fingerprint density at radius 2 is 2.35 bits per heavy atom. The molecule has 1 aliphatic heterocycles. The number of ether oxygens (including phenoxy) is 1. The number of halogens is 2. The highest BCUT2D eigenvalue weighted by Gasteiger charge is 2.30. The highest BCUT2D eigenvalue weighted by Crippen LogP contribution is 2.41. The number of hydrogen-bond donors (Lipinski definition) is 1. The van der Waals surface area contributed by atoms with Crippen molar-refractivity contribution in [3.8, 4) is 0 Å². The third-order valence-electron chi connectivity index (χ3n) is 2.87. The highest BCUT2D eigenvalue weighted by atomic mass is 79.9. The summed E-state index contributed by atoms with van der Waals surface area (Å²) in [6.07, 6.45) is 1.24. The van der Waals surface area contributed by atoms with E-state index in [1.807, 2.05) is 0 Å². The Morgan fingerprint density at radius 3 is 2.88 bits per heavy atom. The lowest BCUT2D eigenvalue weighted by molar-refractivity contribution is -0.427. The van der Waals surface area contributed by atoms with Crippen LogP contribution >= 0.6 is 15.9 Å². The fraction of sp³-hybridized carbons (Fsp3) is 0.455. The molecule has 1 aliphatic rings. The smallest absolute Gasteiger partial charge is 0.280 e. The fourth-order valence-electron chi connectivity index (χ4n) is 2.03. The molecule has 0 amide bonds. The van der Waals surface area contributed by atoms with E-state index in [9.17, 15) is 9.30 Å². The molecule has 1 saturated heterocycles. The zero-order valence-electron chi connectivity index (χ0n) is 9.37. The summed E-state index contributed by atoms with van der Waals surface area (Å²) in [5, 5.41) is 0. The second-order valence-electron chi connectivity index (χ2n) is 4.02. The summed E-state index contributed by atoms with van der Waals surface area (Å²) in [7, 11) is 1.33. The van der Waals surface area contributed by atoms with E-state index in [-0.39, 0.29) is 27.5 Å². The first-order valence-electron chi connectivity index (χ1n) is 5.32. The maximum Gasteiger partial charge on any atom is 0.280 e. The first-order chi connectivity index (χ1) is 8.02. The van der Waals surface area contributed by atoms with Crippen LogP contribution in [0.3, 0.4) is 0 Å². The van der Waals surface area contributed by atoms with Gasteiger partial charge in [0.05, 0.1) is 10.6 Å². The van der Waals surface area contributed by atoms with Gasteiger partial charge in [0.2, 0.25) is 0 Å². The summed E-state index contributed by atoms with van der Waals surface area (Å²) in [6.45, 7) is 0.596. The van der Waals surface area contributed by atoms with Gasteiger partial charge in [-0.05, 0) is 28.8 Å². The van der Waals surface area contributed by atoms with E-state index in [0.717, 1.165) is 12.8 Å². The van der Waals surface area contributed by atoms with Gasteiger partial charge in [0.25, 0.3) is 5.69 Å². The van der Waals surface area contributed by atoms with Crippen molar-refractivity contribution in [3.63, 3.8) is 0 Å². The van der Waals surface area contributed by atoms with Crippen molar-refractivity contribution in [2.75, 3.05) is 19.4 Å². The van der Waals surface area contributed by atoms with E-state index in [4.69, 9.17) is 10.5 Å². The molecule has 1 fully saturated rings. The van der Waals surface area contributed by atoms with Gasteiger partial charge in [-0.25, -0.2) is 4.39 Å². The summed E-state index contributed by atoms with van der Waals surface area (Å²) < 4.78 is 20.3. The molecule has 6 heteroatoms. The van der Waals surface area contributed by atoms with Crippen LogP contribution in [0.5, 0.6) is 0 Å². The molecule has 1 aromatic rings. The minimum atomic E-state index is -0.444. The number of rotatable bonds is 2. The molecule has 92 valence electrons. The minimum absolute atomic E-state index is 0.162. The molecule has 1 atom stereocenters. The monoisotopic (exact) mass is 303 g/mol. The van der Waals surface area contributed by atoms with Gasteiger partial charge in [0.1, 0.15) is 11.5 Å². The van der Waals surface area contributed by atoms with Gasteiger partial charge in [0, 0.05) is 27.9 Å². The lowest BCUT2D eigenvalue weighted by Crippen LogP contribution is -2.08. The van der Waals surface area contributed by atoms with E-state index in [2.05, 4.69) is 15.9 Å². The SMILES string of the molecule is C[N+](=O)c1cc(Br)c(F)c(C2CCCO2)c1N. The van der Waals surface area contributed by atoms with E-state index in [0.29, 0.717) is 11.4 Å². The molecule has 1 heterocycles. The van der Waals surface area contributed by atoms with Crippen LogP contribution in [0.1, 0.15) is 24.5 Å². The number of anilines is 1. The van der Waals surface area contributed by atoms with E-state index in [1.165, 1.54) is 13.1 Å². The van der Waals surface area contributed by atoms with Crippen LogP contribution in [0.4, 0.5) is 15.8 Å². The Hall–Kier alpha value is -1.01. The standard InChI is InChI=1S/C11H13BrFN2O2/c1-15(16)7-5-6(12)10(13)9(11(7)14)8-3-2-4-17-8/h5,8H,2-4,14H2,1H3/q+1. The molecule has 0 saturated carbocycles. The molecule has 2 rings (SSSR count). The van der Waals surface area contributed by atoms with Gasteiger partial charge in [-0.15, -0.1) is 0 Å². The average molecular weight is 304 g/mol. The molecule has 0 spiro atoms. The third-order valence-corrected chi connectivity index (χ3v) is 3.44. The van der Waals surface area contributed by atoms with Crippen molar-refractivity contribution in [2.45, 2.75) is 18.9 Å². The lowest BCUT2D eigenvalue weighted by Gasteiger charge is -2.14. The number of nitrogens with zero attached hydrogens (tertiary/aromatic N) is 1. The van der Waals surface area contributed by atoms with Gasteiger partial charge in [-0.2, -0.15) is 0 Å². The Kier molecular flexibility index (Phi) is 3.44. The van der Waals surface area contributed by atoms with Crippen LogP contribution in [0.15, 0.2) is 10.5 Å². The first kappa shape index (κ1) is 12.4. The number of hydrogen-bond acceptors (Lipinski definition) is 3. The van der Waals surface area contributed by atoms with Crippen LogP contribution in [-0.4, -0.2) is 18.4 Å². The van der Waals surface area contributed by atoms with Crippen molar-refractivity contribution in [1.29, 1.82) is 0 Å². The molecule has 17 heavy (non-hydrogen) atoms. The molecular weight excluding hydrogens is 291 g/mol. The second-order valence-corrected chi connectivity index (χ2v) is 4.87. The molecule has 4 nitrogen and oxygen atoms in total. The Labute approximate surface area is 107 Å². The molecule has 0 aliphatic carbocycles. The van der Waals surface area contributed by atoms with Gasteiger partial charge in [0.15, 0.2) is 7.05 Å². The number of nitrogen functional groups attached to an aromatic ring is 1. The largest absolute Gasteiger partial charge is 0.393 e. The molecule has 1 unspecified atom stereocenters. The van der Waals surface area contributed by atoms with E-state index < -0.39 is 5.82 Å². The maximum atomic E-state index is 14.0. The number of nitroso groups, excluding NO2 is 1. The first-order valence-corrected chi connectivity index (χ1v) is 6.11. The van der Waals surface area contributed by atoms with Gasteiger partial charge < -0.3 is 10.5 Å². The van der Waals surface area contributed by atoms with Crippen molar-refractivity contribution in [2.24, 2.45) is 0 Å². The van der Waals surface area contributed by atoms with Crippen LogP contribution < -0.4 is 5.73 Å². The van der Waals surface area contributed by atoms with Gasteiger partial charge in [-0.3, -0.25) is 0 Å². The van der Waals surface area contributed by atoms with E-state index >= 15 is 0 Å². The number of benzene rings is 1. The second kappa shape index (κ2) is 4.70. The normalized spacial score (nSPS) is 19.6. The Morgan fingerprint density at radius 1 is 1.65 bits per heavy atom. The van der Waals surface area contributed by atoms with Gasteiger partial charge in [-0.1, -0.05) is 0 Å². The van der Waals surface area contributed by atoms with Gasteiger partial charge >= 0.3 is 0 Å². The molecule has 0 bridgehead atoms. The van der Waals surface area contributed by atoms with Crippen LogP contribution in [-0.2, 0) is 4.74 Å². The zero-order valence-corrected chi connectivity index (χ0v) is 11.0. The summed E-state index contributed by atoms with van der Waals surface area (Å²) in [5.41, 5.74) is 6.55. The van der Waals surface area contributed by atoms with Crippen molar-refractivity contribution < 1.29 is 13.9 Å². The fourth-order valence-corrected chi connectivity index (χ4v) is 2.46.